The zero-order chi connectivity index (χ0) is 20.1. The number of fused-ring (bicyclic) bond motifs is 1. The second-order valence-electron chi connectivity index (χ2n) is 7.12. The van der Waals surface area contributed by atoms with Gasteiger partial charge in [0.05, 0.1) is 4.90 Å². The SMILES string of the molecule is CN=C(NCCN1CCc2sccc2C1)NCc1ccc(S(C)(=O)=O)c(C)c1.I. The van der Waals surface area contributed by atoms with Gasteiger partial charge in [-0.2, -0.15) is 0 Å². The summed E-state index contributed by atoms with van der Waals surface area (Å²) in [6.07, 6.45) is 2.38. The van der Waals surface area contributed by atoms with E-state index in [1.54, 1.807) is 13.1 Å². The minimum absolute atomic E-state index is 0. The maximum atomic E-state index is 11.7. The Labute approximate surface area is 194 Å². The van der Waals surface area contributed by atoms with Gasteiger partial charge in [-0.3, -0.25) is 9.89 Å². The van der Waals surface area contributed by atoms with E-state index in [2.05, 4.69) is 32.0 Å². The summed E-state index contributed by atoms with van der Waals surface area (Å²) in [5.41, 5.74) is 3.25. The van der Waals surface area contributed by atoms with Crippen molar-refractivity contribution in [2.75, 3.05) is 32.9 Å². The van der Waals surface area contributed by atoms with Crippen LogP contribution in [0.15, 0.2) is 39.5 Å². The van der Waals surface area contributed by atoms with Crippen LogP contribution < -0.4 is 10.6 Å². The van der Waals surface area contributed by atoms with E-state index in [9.17, 15) is 8.42 Å². The zero-order valence-electron chi connectivity index (χ0n) is 17.1. The molecule has 160 valence electrons. The Kier molecular flexibility index (Phi) is 8.92. The quantitative estimate of drug-likeness (QED) is 0.330. The van der Waals surface area contributed by atoms with Gasteiger partial charge in [-0.25, -0.2) is 8.42 Å². The smallest absolute Gasteiger partial charge is 0.191 e. The van der Waals surface area contributed by atoms with Crippen LogP contribution >= 0.6 is 35.3 Å². The normalized spacial score (nSPS) is 14.8. The summed E-state index contributed by atoms with van der Waals surface area (Å²) >= 11 is 1.86. The Bertz CT molecular complexity index is 957. The molecule has 3 rings (SSSR count). The van der Waals surface area contributed by atoms with Gasteiger partial charge in [-0.1, -0.05) is 12.1 Å². The van der Waals surface area contributed by atoms with Gasteiger partial charge in [0, 0.05) is 50.9 Å². The van der Waals surface area contributed by atoms with Gasteiger partial charge in [-0.05, 0) is 47.5 Å². The fourth-order valence-corrected chi connectivity index (χ4v) is 5.32. The summed E-state index contributed by atoms with van der Waals surface area (Å²) in [4.78, 5) is 8.65. The summed E-state index contributed by atoms with van der Waals surface area (Å²) in [6, 6.07) is 7.66. The number of hydrogen-bond donors (Lipinski definition) is 2. The minimum Gasteiger partial charge on any atom is -0.355 e. The Morgan fingerprint density at radius 1 is 1.28 bits per heavy atom. The lowest BCUT2D eigenvalue weighted by atomic mass is 10.1. The van der Waals surface area contributed by atoms with E-state index in [1.165, 1.54) is 16.7 Å². The highest BCUT2D eigenvalue weighted by Crippen LogP contribution is 2.23. The van der Waals surface area contributed by atoms with Crippen LogP contribution in [0.5, 0.6) is 0 Å². The van der Waals surface area contributed by atoms with Gasteiger partial charge >= 0.3 is 0 Å². The van der Waals surface area contributed by atoms with Gasteiger partial charge in [-0.15, -0.1) is 35.3 Å². The summed E-state index contributed by atoms with van der Waals surface area (Å²) in [5.74, 6) is 0.748. The molecule has 29 heavy (non-hydrogen) atoms. The molecular formula is C20H29IN4O2S2. The van der Waals surface area contributed by atoms with Crippen LogP contribution in [0.4, 0.5) is 0 Å². The molecule has 0 amide bonds. The molecule has 6 nitrogen and oxygen atoms in total. The molecule has 0 bridgehead atoms. The van der Waals surface area contributed by atoms with Gasteiger partial charge in [0.15, 0.2) is 15.8 Å². The predicted octanol–water partition coefficient (Wildman–Crippen LogP) is 2.80. The molecule has 0 unspecified atom stereocenters. The van der Waals surface area contributed by atoms with Crippen molar-refractivity contribution in [2.24, 2.45) is 4.99 Å². The molecule has 0 radical (unpaired) electrons. The van der Waals surface area contributed by atoms with Crippen LogP contribution in [0.3, 0.4) is 0 Å². The minimum atomic E-state index is -3.18. The van der Waals surface area contributed by atoms with Crippen LogP contribution in [0, 0.1) is 6.92 Å². The monoisotopic (exact) mass is 548 g/mol. The molecule has 0 atom stereocenters. The van der Waals surface area contributed by atoms with Crippen molar-refractivity contribution in [3.63, 3.8) is 0 Å². The Morgan fingerprint density at radius 2 is 2.07 bits per heavy atom. The van der Waals surface area contributed by atoms with Crippen LogP contribution in [0.1, 0.15) is 21.6 Å². The largest absolute Gasteiger partial charge is 0.355 e. The standard InChI is InChI=1S/C20H28N4O2S2.HI/c1-15-12-16(4-5-19(15)28(3,25)26)13-23-20(21-2)22-8-10-24-9-6-18-17(14-24)7-11-27-18;/h4-5,7,11-12H,6,8-10,13-14H2,1-3H3,(H2,21,22,23);1H. The molecule has 0 saturated carbocycles. The second-order valence-corrected chi connectivity index (χ2v) is 10.1. The number of nitrogens with zero attached hydrogens (tertiary/aromatic N) is 2. The van der Waals surface area contributed by atoms with Crippen molar-refractivity contribution in [3.8, 4) is 0 Å². The Morgan fingerprint density at radius 3 is 2.76 bits per heavy atom. The molecule has 0 aliphatic carbocycles. The highest BCUT2D eigenvalue weighted by atomic mass is 127. The fraction of sp³-hybridized carbons (Fsp3) is 0.450. The number of aryl methyl sites for hydroxylation is 1. The summed E-state index contributed by atoms with van der Waals surface area (Å²) in [6.45, 7) is 6.34. The molecule has 1 aromatic carbocycles. The van der Waals surface area contributed by atoms with Gasteiger partial charge in [0.25, 0.3) is 0 Å². The van der Waals surface area contributed by atoms with E-state index >= 15 is 0 Å². The molecule has 2 aromatic rings. The number of rotatable bonds is 6. The molecule has 1 aliphatic heterocycles. The van der Waals surface area contributed by atoms with Gasteiger partial charge in [0.1, 0.15) is 0 Å². The number of benzene rings is 1. The maximum Gasteiger partial charge on any atom is 0.191 e. The molecule has 1 aromatic heterocycles. The van der Waals surface area contributed by atoms with E-state index in [-0.39, 0.29) is 24.0 Å². The van der Waals surface area contributed by atoms with E-state index in [0.29, 0.717) is 11.4 Å². The number of halogens is 1. The number of thiophene rings is 1. The van der Waals surface area contributed by atoms with Crippen LogP contribution in [-0.4, -0.2) is 52.2 Å². The number of guanidine groups is 1. The number of aliphatic imine (C=N–C) groups is 1. The third-order valence-corrected chi connectivity index (χ3v) is 7.21. The van der Waals surface area contributed by atoms with Gasteiger partial charge < -0.3 is 10.6 Å². The molecule has 0 saturated heterocycles. The first kappa shape index (κ1) is 24.1. The average molecular weight is 549 g/mol. The first-order valence-electron chi connectivity index (χ1n) is 9.38. The average Bonchev–Trinajstić information content (AvgIpc) is 3.11. The van der Waals surface area contributed by atoms with Gasteiger partial charge in [0.2, 0.25) is 0 Å². The van der Waals surface area contributed by atoms with Crippen molar-refractivity contribution in [2.45, 2.75) is 31.3 Å². The summed E-state index contributed by atoms with van der Waals surface area (Å²) in [7, 11) is -1.43. The molecule has 0 fully saturated rings. The molecule has 2 heterocycles. The maximum absolute atomic E-state index is 11.7. The lowest BCUT2D eigenvalue weighted by molar-refractivity contribution is 0.260. The van der Waals surface area contributed by atoms with Crippen molar-refractivity contribution < 1.29 is 8.42 Å². The van der Waals surface area contributed by atoms with E-state index < -0.39 is 9.84 Å². The third kappa shape index (κ3) is 6.66. The lowest BCUT2D eigenvalue weighted by Gasteiger charge is -2.27. The Hall–Kier alpha value is -1.17. The molecular weight excluding hydrogens is 519 g/mol. The molecule has 9 heteroatoms. The first-order valence-corrected chi connectivity index (χ1v) is 12.2. The summed E-state index contributed by atoms with van der Waals surface area (Å²) < 4.78 is 23.5. The van der Waals surface area contributed by atoms with Crippen LogP contribution in [0.2, 0.25) is 0 Å². The zero-order valence-corrected chi connectivity index (χ0v) is 21.0. The van der Waals surface area contributed by atoms with Crippen molar-refractivity contribution >= 4 is 51.1 Å². The Balaban J connectivity index is 0.00000300. The van der Waals surface area contributed by atoms with Crippen molar-refractivity contribution in [1.82, 2.24) is 15.5 Å². The van der Waals surface area contributed by atoms with Crippen molar-refractivity contribution in [1.29, 1.82) is 0 Å². The lowest BCUT2D eigenvalue weighted by Crippen LogP contribution is -2.42. The molecule has 2 N–H and O–H groups in total. The fourth-order valence-electron chi connectivity index (χ4n) is 3.47. The van der Waals surface area contributed by atoms with E-state index in [0.717, 1.165) is 49.7 Å². The molecule has 0 spiro atoms. The van der Waals surface area contributed by atoms with Crippen LogP contribution in [-0.2, 0) is 29.3 Å². The highest BCUT2D eigenvalue weighted by molar-refractivity contribution is 14.0. The molecule has 1 aliphatic rings. The number of nitrogens with one attached hydrogen (secondary N) is 2. The topological polar surface area (TPSA) is 73.8 Å². The van der Waals surface area contributed by atoms with Crippen LogP contribution in [0.25, 0.3) is 0 Å². The second kappa shape index (κ2) is 10.7. The predicted molar refractivity (Wildman–Crippen MR) is 131 cm³/mol. The number of sulfone groups is 1. The van der Waals surface area contributed by atoms with Crippen molar-refractivity contribution in [3.05, 3.63) is 51.2 Å². The highest BCUT2D eigenvalue weighted by Gasteiger charge is 2.16. The summed E-state index contributed by atoms with van der Waals surface area (Å²) in [5, 5.41) is 8.83. The van der Waals surface area contributed by atoms with E-state index in [1.807, 2.05) is 30.4 Å². The third-order valence-electron chi connectivity index (χ3n) is 4.93. The van der Waals surface area contributed by atoms with E-state index in [4.69, 9.17) is 0 Å². The first-order chi connectivity index (χ1) is 13.4. The number of hydrogen-bond acceptors (Lipinski definition) is 5.